The van der Waals surface area contributed by atoms with Crippen LogP contribution in [0, 0.1) is 0 Å². The number of carbonyl (C=O) groups is 1. The van der Waals surface area contributed by atoms with Crippen LogP contribution >= 0.6 is 0 Å². The molecule has 0 saturated carbocycles. The number of anilines is 1. The molecule has 0 aliphatic heterocycles. The molecule has 0 saturated heterocycles. The zero-order chi connectivity index (χ0) is 16.3. The number of hydrogen-bond acceptors (Lipinski definition) is 4. The standard InChI is InChI=1S/C18H24N4O/c19-16(14-15-8-2-1-3-9-15)18(23)22-13-7-6-12-21-17-10-4-5-11-20-17/h1-5,8-11,16H,6-7,12-14,19H2,(H,20,21)(H,22,23). The third kappa shape index (κ3) is 6.48. The van der Waals surface area contributed by atoms with E-state index >= 15 is 0 Å². The highest BCUT2D eigenvalue weighted by Gasteiger charge is 2.12. The Morgan fingerprint density at radius 3 is 2.52 bits per heavy atom. The fraction of sp³-hybridized carbons (Fsp3) is 0.333. The van der Waals surface area contributed by atoms with Gasteiger partial charge in [0.15, 0.2) is 0 Å². The van der Waals surface area contributed by atoms with Gasteiger partial charge in [-0.1, -0.05) is 36.4 Å². The third-order valence-corrected chi connectivity index (χ3v) is 3.51. The van der Waals surface area contributed by atoms with Gasteiger partial charge in [0.2, 0.25) is 5.91 Å². The van der Waals surface area contributed by atoms with Crippen molar-refractivity contribution in [2.24, 2.45) is 5.73 Å². The lowest BCUT2D eigenvalue weighted by atomic mass is 10.1. The molecule has 5 heteroatoms. The number of pyridine rings is 1. The SMILES string of the molecule is NC(Cc1ccccc1)C(=O)NCCCCNc1ccccn1. The average molecular weight is 312 g/mol. The molecule has 1 heterocycles. The normalized spacial score (nSPS) is 11.7. The molecule has 122 valence electrons. The van der Waals surface area contributed by atoms with Gasteiger partial charge in [0.1, 0.15) is 5.82 Å². The number of aromatic nitrogens is 1. The summed E-state index contributed by atoms with van der Waals surface area (Å²) in [5, 5.41) is 6.13. The highest BCUT2D eigenvalue weighted by atomic mass is 16.2. The van der Waals surface area contributed by atoms with Crippen LogP contribution in [0.3, 0.4) is 0 Å². The minimum Gasteiger partial charge on any atom is -0.370 e. The Hall–Kier alpha value is -2.40. The summed E-state index contributed by atoms with van der Waals surface area (Å²) in [6, 6.07) is 15.1. The molecule has 0 spiro atoms. The monoisotopic (exact) mass is 312 g/mol. The molecule has 0 radical (unpaired) electrons. The summed E-state index contributed by atoms with van der Waals surface area (Å²) in [6.45, 7) is 1.48. The molecule has 1 aromatic carbocycles. The first-order valence-corrected chi connectivity index (χ1v) is 7.98. The molecular formula is C18H24N4O. The molecule has 2 rings (SSSR count). The molecule has 4 N–H and O–H groups in total. The highest BCUT2D eigenvalue weighted by molar-refractivity contribution is 5.81. The van der Waals surface area contributed by atoms with Crippen molar-refractivity contribution in [1.82, 2.24) is 10.3 Å². The number of nitrogens with two attached hydrogens (primary N) is 1. The van der Waals surface area contributed by atoms with Crippen LogP contribution < -0.4 is 16.4 Å². The van der Waals surface area contributed by atoms with Gasteiger partial charge >= 0.3 is 0 Å². The summed E-state index contributed by atoms with van der Waals surface area (Å²) >= 11 is 0. The molecule has 1 aromatic heterocycles. The van der Waals surface area contributed by atoms with Gasteiger partial charge in [0, 0.05) is 19.3 Å². The zero-order valence-corrected chi connectivity index (χ0v) is 13.2. The van der Waals surface area contributed by atoms with Crippen molar-refractivity contribution in [1.29, 1.82) is 0 Å². The van der Waals surface area contributed by atoms with Crippen molar-refractivity contribution in [2.75, 3.05) is 18.4 Å². The Kier molecular flexibility index (Phi) is 7.07. The third-order valence-electron chi connectivity index (χ3n) is 3.51. The molecule has 2 aromatic rings. The molecule has 0 aliphatic carbocycles. The zero-order valence-electron chi connectivity index (χ0n) is 13.2. The second-order valence-corrected chi connectivity index (χ2v) is 5.44. The van der Waals surface area contributed by atoms with Gasteiger partial charge in [-0.2, -0.15) is 0 Å². The van der Waals surface area contributed by atoms with Gasteiger partial charge < -0.3 is 16.4 Å². The molecule has 0 aliphatic rings. The Labute approximate surface area is 137 Å². The predicted molar refractivity (Wildman–Crippen MR) is 93.1 cm³/mol. The first-order chi connectivity index (χ1) is 11.3. The largest absolute Gasteiger partial charge is 0.370 e. The van der Waals surface area contributed by atoms with E-state index < -0.39 is 6.04 Å². The van der Waals surface area contributed by atoms with Crippen molar-refractivity contribution in [2.45, 2.75) is 25.3 Å². The van der Waals surface area contributed by atoms with Crippen molar-refractivity contribution in [3.63, 3.8) is 0 Å². The summed E-state index contributed by atoms with van der Waals surface area (Å²) in [6.07, 6.45) is 4.19. The van der Waals surface area contributed by atoms with Gasteiger partial charge in [-0.25, -0.2) is 4.98 Å². The number of hydrogen-bond donors (Lipinski definition) is 3. The first kappa shape index (κ1) is 17.0. The van der Waals surface area contributed by atoms with Crippen LogP contribution in [0.25, 0.3) is 0 Å². The molecular weight excluding hydrogens is 288 g/mol. The van der Waals surface area contributed by atoms with Crippen molar-refractivity contribution in [3.8, 4) is 0 Å². The molecule has 1 atom stereocenters. The van der Waals surface area contributed by atoms with Crippen LogP contribution in [-0.4, -0.2) is 30.0 Å². The van der Waals surface area contributed by atoms with Crippen LogP contribution in [0.2, 0.25) is 0 Å². The molecule has 5 nitrogen and oxygen atoms in total. The fourth-order valence-corrected chi connectivity index (χ4v) is 2.24. The lowest BCUT2D eigenvalue weighted by Crippen LogP contribution is -2.42. The van der Waals surface area contributed by atoms with Crippen LogP contribution in [0.4, 0.5) is 5.82 Å². The summed E-state index contributed by atoms with van der Waals surface area (Å²) in [5.41, 5.74) is 7.01. The van der Waals surface area contributed by atoms with Gasteiger partial charge in [-0.3, -0.25) is 4.79 Å². The van der Waals surface area contributed by atoms with Gasteiger partial charge in [-0.05, 0) is 37.0 Å². The maximum Gasteiger partial charge on any atom is 0.237 e. The number of amides is 1. The summed E-state index contributed by atoms with van der Waals surface area (Å²) in [4.78, 5) is 16.1. The Balaban J connectivity index is 1.56. The first-order valence-electron chi connectivity index (χ1n) is 7.98. The second-order valence-electron chi connectivity index (χ2n) is 5.44. The Morgan fingerprint density at radius 2 is 1.78 bits per heavy atom. The van der Waals surface area contributed by atoms with E-state index in [9.17, 15) is 4.79 Å². The number of carbonyl (C=O) groups excluding carboxylic acids is 1. The van der Waals surface area contributed by atoms with E-state index in [0.29, 0.717) is 13.0 Å². The van der Waals surface area contributed by atoms with Gasteiger partial charge in [0.25, 0.3) is 0 Å². The number of unbranched alkanes of at least 4 members (excludes halogenated alkanes) is 1. The lowest BCUT2D eigenvalue weighted by Gasteiger charge is -2.12. The maximum atomic E-state index is 11.9. The molecule has 0 bridgehead atoms. The molecule has 23 heavy (non-hydrogen) atoms. The Bertz CT molecular complexity index is 574. The van der Waals surface area contributed by atoms with Crippen LogP contribution in [0.1, 0.15) is 18.4 Å². The summed E-state index contributed by atoms with van der Waals surface area (Å²) < 4.78 is 0. The van der Waals surface area contributed by atoms with E-state index in [-0.39, 0.29) is 5.91 Å². The summed E-state index contributed by atoms with van der Waals surface area (Å²) in [5.74, 6) is 0.785. The lowest BCUT2D eigenvalue weighted by molar-refractivity contribution is -0.122. The minimum atomic E-state index is -0.496. The van der Waals surface area contributed by atoms with E-state index in [1.807, 2.05) is 48.5 Å². The second kappa shape index (κ2) is 9.58. The fourth-order valence-electron chi connectivity index (χ4n) is 2.24. The predicted octanol–water partition coefficient (Wildman–Crippen LogP) is 1.96. The maximum absolute atomic E-state index is 11.9. The molecule has 1 amide bonds. The Morgan fingerprint density at radius 1 is 1.04 bits per heavy atom. The van der Waals surface area contributed by atoms with Crippen LogP contribution in [0.15, 0.2) is 54.7 Å². The van der Waals surface area contributed by atoms with Crippen molar-refractivity contribution < 1.29 is 4.79 Å². The molecule has 0 fully saturated rings. The quantitative estimate of drug-likeness (QED) is 0.618. The number of benzene rings is 1. The minimum absolute atomic E-state index is 0.0912. The number of nitrogens with zero attached hydrogens (tertiary/aromatic N) is 1. The van der Waals surface area contributed by atoms with E-state index in [1.54, 1.807) is 6.20 Å². The smallest absolute Gasteiger partial charge is 0.237 e. The van der Waals surface area contributed by atoms with E-state index in [0.717, 1.165) is 30.8 Å². The average Bonchev–Trinajstić information content (AvgIpc) is 2.59. The van der Waals surface area contributed by atoms with Crippen LogP contribution in [0.5, 0.6) is 0 Å². The number of rotatable bonds is 9. The van der Waals surface area contributed by atoms with E-state index in [4.69, 9.17) is 5.73 Å². The topological polar surface area (TPSA) is 80.0 Å². The van der Waals surface area contributed by atoms with Crippen molar-refractivity contribution >= 4 is 11.7 Å². The van der Waals surface area contributed by atoms with Gasteiger partial charge in [0.05, 0.1) is 6.04 Å². The van der Waals surface area contributed by atoms with E-state index in [1.165, 1.54) is 0 Å². The highest BCUT2D eigenvalue weighted by Crippen LogP contribution is 2.02. The van der Waals surface area contributed by atoms with Crippen LogP contribution in [-0.2, 0) is 11.2 Å². The number of nitrogens with one attached hydrogen (secondary N) is 2. The van der Waals surface area contributed by atoms with E-state index in [2.05, 4.69) is 15.6 Å². The van der Waals surface area contributed by atoms with Gasteiger partial charge in [-0.15, -0.1) is 0 Å². The molecule has 1 unspecified atom stereocenters. The van der Waals surface area contributed by atoms with Crippen molar-refractivity contribution in [3.05, 3.63) is 60.3 Å². The summed E-state index contributed by atoms with van der Waals surface area (Å²) in [7, 11) is 0.